The Morgan fingerprint density at radius 3 is 2.12 bits per heavy atom. The standard InChI is InChI=1S/C27H44N2O20/c1-9(34)28-15-10(35)5-27(26(43)44,48-22(15)16(38)11(36)6-31)49-23-17(39)12(7-32)46-25(20(23)42)47-21-13(8-33)45-24(19(41)18(21)40)29-14(37)3-2-4-30/h4,10-13,15-25,31-33,35-36,38-42H,2-3,5-8H2,1H3,(H,28,34)(H,29,37)(H,43,44)/t10-,11+,12+,13+,15+,16+,17-,18+,19+,20+,21+,22+,23-,24+,25-,27-/m0/s1. The summed E-state index contributed by atoms with van der Waals surface area (Å²) in [6, 6.07) is -1.57. The van der Waals surface area contributed by atoms with Crippen LogP contribution in [0.5, 0.6) is 0 Å². The second-order valence-electron chi connectivity index (χ2n) is 11.8. The van der Waals surface area contributed by atoms with Gasteiger partial charge in [-0.15, -0.1) is 0 Å². The number of amides is 2. The largest absolute Gasteiger partial charge is 0.477 e. The molecule has 49 heavy (non-hydrogen) atoms. The number of rotatable bonds is 15. The summed E-state index contributed by atoms with van der Waals surface area (Å²) in [5, 5.41) is 119. The van der Waals surface area contributed by atoms with E-state index in [0.29, 0.717) is 6.29 Å². The van der Waals surface area contributed by atoms with Crippen molar-refractivity contribution in [3.05, 3.63) is 0 Å². The third-order valence-corrected chi connectivity index (χ3v) is 8.28. The van der Waals surface area contributed by atoms with Crippen LogP contribution in [0.2, 0.25) is 0 Å². The minimum absolute atomic E-state index is 0.153. The second-order valence-corrected chi connectivity index (χ2v) is 11.8. The zero-order chi connectivity index (χ0) is 36.8. The summed E-state index contributed by atoms with van der Waals surface area (Å²) in [6.45, 7) is -1.95. The van der Waals surface area contributed by atoms with Crippen LogP contribution < -0.4 is 10.6 Å². The molecule has 22 nitrogen and oxygen atoms in total. The molecule has 0 unspecified atom stereocenters. The lowest BCUT2D eigenvalue weighted by molar-refractivity contribution is -0.381. The Hall–Kier alpha value is -2.52. The maximum Gasteiger partial charge on any atom is 0.364 e. The van der Waals surface area contributed by atoms with E-state index in [0.717, 1.165) is 6.92 Å². The van der Waals surface area contributed by atoms with Gasteiger partial charge < -0.3 is 95.3 Å². The first kappa shape index (κ1) is 40.9. The van der Waals surface area contributed by atoms with E-state index >= 15 is 0 Å². The van der Waals surface area contributed by atoms with E-state index in [9.17, 15) is 75.3 Å². The molecule has 0 radical (unpaired) electrons. The molecule has 3 heterocycles. The summed E-state index contributed by atoms with van der Waals surface area (Å²) in [6.07, 6.45) is -27.9. The van der Waals surface area contributed by atoms with Crippen molar-refractivity contribution < 1.29 is 99.0 Å². The van der Waals surface area contributed by atoms with Crippen molar-refractivity contribution in [2.75, 3.05) is 19.8 Å². The number of aldehydes is 1. The number of carbonyl (C=O) groups excluding carboxylic acids is 3. The van der Waals surface area contributed by atoms with Crippen LogP contribution >= 0.6 is 0 Å². The average molecular weight is 717 g/mol. The SMILES string of the molecule is CC(=O)N[C@H]1[C@H]([C@H](O)[C@H](O)CO)O[C@@](O[C@H]2[C@@H](O)[C@@H](CO)O[C@@H](O[C@H]3[C@H](O)[C@@H](O)[C@H](NC(=O)CCC=O)O[C@@H]3CO)[C@@H]2O)(C(=O)O)C[C@@H]1O. The number of carbonyl (C=O) groups is 4. The molecular formula is C27H44N2O20. The van der Waals surface area contributed by atoms with Gasteiger partial charge in [0, 0.05) is 26.2 Å². The van der Waals surface area contributed by atoms with E-state index in [1.165, 1.54) is 0 Å². The summed E-state index contributed by atoms with van der Waals surface area (Å²) >= 11 is 0. The fourth-order valence-electron chi connectivity index (χ4n) is 5.72. The first-order valence-electron chi connectivity index (χ1n) is 15.2. The number of carboxylic acid groups (broad SMARTS) is 1. The van der Waals surface area contributed by atoms with Crippen molar-refractivity contribution in [2.24, 2.45) is 0 Å². The van der Waals surface area contributed by atoms with Gasteiger partial charge in [0.05, 0.1) is 32.0 Å². The number of hydrogen-bond donors (Lipinski definition) is 13. The van der Waals surface area contributed by atoms with E-state index in [1.54, 1.807) is 0 Å². The van der Waals surface area contributed by atoms with Gasteiger partial charge >= 0.3 is 5.97 Å². The van der Waals surface area contributed by atoms with Crippen molar-refractivity contribution >= 4 is 24.1 Å². The van der Waals surface area contributed by atoms with Crippen LogP contribution in [-0.2, 0) is 42.9 Å². The van der Waals surface area contributed by atoms with Gasteiger partial charge in [0.25, 0.3) is 5.79 Å². The Morgan fingerprint density at radius 2 is 1.57 bits per heavy atom. The van der Waals surface area contributed by atoms with Crippen LogP contribution in [0.15, 0.2) is 0 Å². The third kappa shape index (κ3) is 9.24. The van der Waals surface area contributed by atoms with Crippen molar-refractivity contribution in [1.29, 1.82) is 0 Å². The lowest BCUT2D eigenvalue weighted by Crippen LogP contribution is -2.71. The van der Waals surface area contributed by atoms with Gasteiger partial charge in [0.15, 0.2) is 12.5 Å². The molecule has 3 aliphatic rings. The van der Waals surface area contributed by atoms with Crippen LogP contribution in [0.4, 0.5) is 0 Å². The van der Waals surface area contributed by atoms with Crippen LogP contribution in [0.25, 0.3) is 0 Å². The molecule has 0 spiro atoms. The summed E-state index contributed by atoms with van der Waals surface area (Å²) < 4.78 is 27.6. The van der Waals surface area contributed by atoms with Gasteiger partial charge in [0.1, 0.15) is 73.4 Å². The fraction of sp³-hybridized carbons (Fsp3) is 0.852. The smallest absolute Gasteiger partial charge is 0.364 e. The Morgan fingerprint density at radius 1 is 0.918 bits per heavy atom. The van der Waals surface area contributed by atoms with Gasteiger partial charge in [-0.1, -0.05) is 0 Å². The van der Waals surface area contributed by atoms with Crippen LogP contribution in [0.3, 0.4) is 0 Å². The maximum absolute atomic E-state index is 12.7. The van der Waals surface area contributed by atoms with Crippen molar-refractivity contribution in [3.8, 4) is 0 Å². The molecule has 0 saturated carbocycles. The Labute approximate surface area is 277 Å². The van der Waals surface area contributed by atoms with E-state index in [-0.39, 0.29) is 12.8 Å². The zero-order valence-corrected chi connectivity index (χ0v) is 26.1. The Kier molecular flexibility index (Phi) is 14.7. The maximum atomic E-state index is 12.7. The van der Waals surface area contributed by atoms with Gasteiger partial charge in [-0.05, 0) is 0 Å². The summed E-state index contributed by atoms with van der Waals surface area (Å²) in [4.78, 5) is 47.1. The third-order valence-electron chi connectivity index (χ3n) is 8.28. The molecule has 0 aliphatic carbocycles. The normalized spacial score (nSPS) is 40.9. The molecule has 3 aliphatic heterocycles. The van der Waals surface area contributed by atoms with Crippen molar-refractivity contribution in [1.82, 2.24) is 10.6 Å². The Balaban J connectivity index is 1.89. The lowest BCUT2D eigenvalue weighted by atomic mass is 9.88. The first-order valence-corrected chi connectivity index (χ1v) is 15.2. The predicted octanol–water partition coefficient (Wildman–Crippen LogP) is -8.12. The minimum atomic E-state index is -3.06. The highest BCUT2D eigenvalue weighted by molar-refractivity contribution is 5.78. The van der Waals surface area contributed by atoms with Crippen molar-refractivity contribution in [2.45, 2.75) is 124 Å². The number of ether oxygens (including phenoxy) is 5. The predicted molar refractivity (Wildman–Crippen MR) is 151 cm³/mol. The van der Waals surface area contributed by atoms with Crippen LogP contribution in [0, 0.1) is 0 Å². The molecule has 2 amide bonds. The number of aliphatic carboxylic acids is 1. The molecule has 22 heteroatoms. The molecule has 0 aromatic heterocycles. The van der Waals surface area contributed by atoms with Gasteiger partial charge in [-0.2, -0.15) is 0 Å². The van der Waals surface area contributed by atoms with E-state index in [2.05, 4.69) is 10.6 Å². The minimum Gasteiger partial charge on any atom is -0.477 e. The highest BCUT2D eigenvalue weighted by Crippen LogP contribution is 2.38. The van der Waals surface area contributed by atoms with E-state index in [1.807, 2.05) is 0 Å². The van der Waals surface area contributed by atoms with Crippen LogP contribution in [-0.4, -0.2) is 198 Å². The highest BCUT2D eigenvalue weighted by Gasteiger charge is 2.60. The van der Waals surface area contributed by atoms with E-state index < -0.39 is 142 Å². The summed E-state index contributed by atoms with van der Waals surface area (Å²) in [7, 11) is 0. The van der Waals surface area contributed by atoms with E-state index in [4.69, 9.17) is 23.7 Å². The molecule has 3 fully saturated rings. The molecular weight excluding hydrogens is 672 g/mol. The number of carboxylic acids is 1. The molecule has 282 valence electrons. The number of hydrogen-bond acceptors (Lipinski definition) is 19. The van der Waals surface area contributed by atoms with Gasteiger partial charge in [0.2, 0.25) is 11.8 Å². The first-order chi connectivity index (χ1) is 23.0. The molecule has 0 aromatic rings. The highest BCUT2D eigenvalue weighted by atomic mass is 16.8. The summed E-state index contributed by atoms with van der Waals surface area (Å²) in [5.74, 6) is -6.55. The number of aliphatic hydroxyl groups is 10. The lowest BCUT2D eigenvalue weighted by Gasteiger charge is -2.50. The van der Waals surface area contributed by atoms with Gasteiger partial charge in [-0.3, -0.25) is 9.59 Å². The second kappa shape index (κ2) is 17.6. The molecule has 16 atom stereocenters. The van der Waals surface area contributed by atoms with Crippen molar-refractivity contribution in [3.63, 3.8) is 0 Å². The molecule has 0 bridgehead atoms. The zero-order valence-electron chi connectivity index (χ0n) is 26.1. The number of nitrogens with one attached hydrogen (secondary N) is 2. The number of aliphatic hydroxyl groups excluding tert-OH is 10. The molecule has 13 N–H and O–H groups in total. The quantitative estimate of drug-likeness (QED) is 0.0700. The summed E-state index contributed by atoms with van der Waals surface area (Å²) in [5.41, 5.74) is 0. The Bertz CT molecular complexity index is 1130. The molecule has 3 rings (SSSR count). The molecule has 3 saturated heterocycles. The topological polar surface area (TPSA) is 361 Å². The van der Waals surface area contributed by atoms with Crippen LogP contribution in [0.1, 0.15) is 26.2 Å². The monoisotopic (exact) mass is 716 g/mol. The van der Waals surface area contributed by atoms with Gasteiger partial charge in [-0.25, -0.2) is 4.79 Å². The fourth-order valence-corrected chi connectivity index (χ4v) is 5.72. The average Bonchev–Trinajstić information content (AvgIpc) is 3.06. The molecule has 0 aromatic carbocycles.